The van der Waals surface area contributed by atoms with Crippen molar-refractivity contribution >= 4 is 29.0 Å². The summed E-state index contributed by atoms with van der Waals surface area (Å²) in [6.45, 7) is 0.576. The van der Waals surface area contributed by atoms with Crippen LogP contribution in [0.25, 0.3) is 0 Å². The van der Waals surface area contributed by atoms with E-state index in [2.05, 4.69) is 10.6 Å². The first-order valence-corrected chi connectivity index (χ1v) is 8.62. The van der Waals surface area contributed by atoms with E-state index < -0.39 is 12.1 Å². The predicted octanol–water partition coefficient (Wildman–Crippen LogP) is 2.03. The summed E-state index contributed by atoms with van der Waals surface area (Å²) in [6, 6.07) is 11.9. The summed E-state index contributed by atoms with van der Waals surface area (Å²) >= 11 is 1.56. The third-order valence-corrected chi connectivity index (χ3v) is 4.76. The maximum Gasteiger partial charge on any atom is 0.322 e. The first-order valence-electron chi connectivity index (χ1n) is 7.74. The number of nitrogens with one attached hydrogen (secondary N) is 2. The molecule has 126 valence electrons. The van der Waals surface area contributed by atoms with E-state index in [-0.39, 0.29) is 24.9 Å². The standard InChI is InChI=1S/C17H19N3O3S/c21-13-9-15(16(22)18-10-14-7-4-8-24-14)20(11-13)17(23)19-12-5-2-1-3-6-12/h1-8,13,15,21H,9-11H2,(H,18,22)(H,19,23)/t13-,15+/m1/s1. The van der Waals surface area contributed by atoms with Crippen LogP contribution in [-0.2, 0) is 11.3 Å². The molecule has 2 atom stereocenters. The highest BCUT2D eigenvalue weighted by Crippen LogP contribution is 2.20. The molecular formula is C17H19N3O3S. The highest BCUT2D eigenvalue weighted by Gasteiger charge is 2.38. The molecule has 2 aromatic rings. The van der Waals surface area contributed by atoms with Gasteiger partial charge in [-0.2, -0.15) is 0 Å². The van der Waals surface area contributed by atoms with E-state index in [1.165, 1.54) is 4.90 Å². The molecular weight excluding hydrogens is 326 g/mol. The summed E-state index contributed by atoms with van der Waals surface area (Å²) in [4.78, 5) is 27.3. The highest BCUT2D eigenvalue weighted by atomic mass is 32.1. The molecule has 2 heterocycles. The number of likely N-dealkylation sites (tertiary alicyclic amines) is 1. The minimum Gasteiger partial charge on any atom is -0.391 e. The summed E-state index contributed by atoms with van der Waals surface area (Å²) in [5, 5.41) is 17.4. The van der Waals surface area contributed by atoms with Gasteiger partial charge in [-0.3, -0.25) is 4.79 Å². The van der Waals surface area contributed by atoms with Crippen LogP contribution in [0.5, 0.6) is 0 Å². The van der Waals surface area contributed by atoms with Crippen molar-refractivity contribution in [3.8, 4) is 0 Å². The third-order valence-electron chi connectivity index (χ3n) is 3.88. The molecule has 1 saturated heterocycles. The first-order chi connectivity index (χ1) is 11.6. The number of thiophene rings is 1. The number of anilines is 1. The molecule has 0 bridgehead atoms. The third kappa shape index (κ3) is 3.93. The molecule has 3 N–H and O–H groups in total. The zero-order valence-corrected chi connectivity index (χ0v) is 13.8. The van der Waals surface area contributed by atoms with Crippen LogP contribution in [0.4, 0.5) is 10.5 Å². The van der Waals surface area contributed by atoms with E-state index in [0.717, 1.165) is 4.88 Å². The fourth-order valence-corrected chi connectivity index (χ4v) is 3.35. The summed E-state index contributed by atoms with van der Waals surface area (Å²) < 4.78 is 0. The molecule has 1 aromatic carbocycles. The number of aliphatic hydroxyl groups excluding tert-OH is 1. The second-order valence-electron chi connectivity index (χ2n) is 5.65. The number of para-hydroxylation sites is 1. The first kappa shape index (κ1) is 16.5. The molecule has 3 rings (SSSR count). The Morgan fingerprint density at radius 1 is 1.21 bits per heavy atom. The van der Waals surface area contributed by atoms with Crippen LogP contribution in [0.1, 0.15) is 11.3 Å². The Kier molecular flexibility index (Phi) is 5.12. The number of β-amino-alcohol motifs (C(OH)–C–C–N with tert-alkyl or cyclic N) is 1. The summed E-state index contributed by atoms with van der Waals surface area (Å²) in [6.07, 6.45) is -0.442. The average molecular weight is 345 g/mol. The van der Waals surface area contributed by atoms with Crippen molar-refractivity contribution < 1.29 is 14.7 Å². The smallest absolute Gasteiger partial charge is 0.322 e. The Labute approximate surface area is 144 Å². The molecule has 0 radical (unpaired) electrons. The predicted molar refractivity (Wildman–Crippen MR) is 92.7 cm³/mol. The van der Waals surface area contributed by atoms with Crippen molar-refractivity contribution in [3.63, 3.8) is 0 Å². The Morgan fingerprint density at radius 2 is 2.00 bits per heavy atom. The van der Waals surface area contributed by atoms with Crippen molar-refractivity contribution in [1.29, 1.82) is 0 Å². The molecule has 0 saturated carbocycles. The number of benzene rings is 1. The van der Waals surface area contributed by atoms with Crippen molar-refractivity contribution in [1.82, 2.24) is 10.2 Å². The van der Waals surface area contributed by atoms with Crippen LogP contribution in [0, 0.1) is 0 Å². The molecule has 1 aromatic heterocycles. The van der Waals surface area contributed by atoms with E-state index >= 15 is 0 Å². The number of hydrogen-bond donors (Lipinski definition) is 3. The Bertz CT molecular complexity index is 690. The number of urea groups is 1. The van der Waals surface area contributed by atoms with E-state index in [4.69, 9.17) is 0 Å². The molecule has 1 aliphatic rings. The fourth-order valence-electron chi connectivity index (χ4n) is 2.71. The highest BCUT2D eigenvalue weighted by molar-refractivity contribution is 7.09. The van der Waals surface area contributed by atoms with Gasteiger partial charge in [0, 0.05) is 23.5 Å². The molecule has 24 heavy (non-hydrogen) atoms. The number of hydrogen-bond acceptors (Lipinski definition) is 4. The van der Waals surface area contributed by atoms with Gasteiger partial charge in [-0.05, 0) is 23.6 Å². The molecule has 3 amide bonds. The lowest BCUT2D eigenvalue weighted by Gasteiger charge is -2.24. The Hall–Kier alpha value is -2.38. The minimum atomic E-state index is -0.691. The fraction of sp³-hybridized carbons (Fsp3) is 0.294. The lowest BCUT2D eigenvalue weighted by molar-refractivity contribution is -0.124. The number of amides is 3. The van der Waals surface area contributed by atoms with Crippen LogP contribution in [0.2, 0.25) is 0 Å². The van der Waals surface area contributed by atoms with Gasteiger partial charge >= 0.3 is 6.03 Å². The topological polar surface area (TPSA) is 81.7 Å². The lowest BCUT2D eigenvalue weighted by Crippen LogP contribution is -2.47. The van der Waals surface area contributed by atoms with Gasteiger partial charge in [-0.1, -0.05) is 24.3 Å². The van der Waals surface area contributed by atoms with Crippen molar-refractivity contribution in [2.75, 3.05) is 11.9 Å². The minimum absolute atomic E-state index is 0.149. The van der Waals surface area contributed by atoms with Crippen LogP contribution in [-0.4, -0.2) is 40.6 Å². The SMILES string of the molecule is O=C(NCc1cccs1)[C@@H]1C[C@@H](O)CN1C(=O)Nc1ccccc1. The van der Waals surface area contributed by atoms with E-state index in [1.54, 1.807) is 23.5 Å². The molecule has 7 heteroatoms. The zero-order chi connectivity index (χ0) is 16.9. The van der Waals surface area contributed by atoms with Gasteiger partial charge in [0.25, 0.3) is 0 Å². The Morgan fingerprint density at radius 3 is 2.71 bits per heavy atom. The summed E-state index contributed by atoms with van der Waals surface area (Å²) in [5.74, 6) is -0.247. The number of carbonyl (C=O) groups is 2. The van der Waals surface area contributed by atoms with Gasteiger partial charge in [0.2, 0.25) is 5.91 Å². The van der Waals surface area contributed by atoms with Gasteiger partial charge in [-0.15, -0.1) is 11.3 Å². The van der Waals surface area contributed by atoms with E-state index in [0.29, 0.717) is 12.2 Å². The number of rotatable bonds is 4. The normalized spacial score (nSPS) is 20.0. The molecule has 0 unspecified atom stereocenters. The maximum atomic E-state index is 12.4. The molecule has 0 aliphatic carbocycles. The molecule has 1 aliphatic heterocycles. The van der Waals surface area contributed by atoms with Crippen LogP contribution >= 0.6 is 11.3 Å². The van der Waals surface area contributed by atoms with Crippen molar-refractivity contribution in [2.24, 2.45) is 0 Å². The van der Waals surface area contributed by atoms with Gasteiger partial charge in [0.1, 0.15) is 6.04 Å². The Balaban J connectivity index is 1.62. The maximum absolute atomic E-state index is 12.4. The van der Waals surface area contributed by atoms with Crippen LogP contribution < -0.4 is 10.6 Å². The van der Waals surface area contributed by atoms with Gasteiger partial charge in [0.15, 0.2) is 0 Å². The van der Waals surface area contributed by atoms with Crippen LogP contribution in [0.3, 0.4) is 0 Å². The second kappa shape index (κ2) is 7.46. The van der Waals surface area contributed by atoms with Gasteiger partial charge in [0.05, 0.1) is 12.6 Å². The largest absolute Gasteiger partial charge is 0.391 e. The van der Waals surface area contributed by atoms with Gasteiger partial charge in [-0.25, -0.2) is 4.79 Å². The summed E-state index contributed by atoms with van der Waals surface area (Å²) in [7, 11) is 0. The monoisotopic (exact) mass is 345 g/mol. The molecule has 1 fully saturated rings. The van der Waals surface area contributed by atoms with E-state index in [9.17, 15) is 14.7 Å². The van der Waals surface area contributed by atoms with Crippen molar-refractivity contribution in [2.45, 2.75) is 25.1 Å². The summed E-state index contributed by atoms with van der Waals surface area (Å²) in [5.41, 5.74) is 0.654. The van der Waals surface area contributed by atoms with Crippen molar-refractivity contribution in [3.05, 3.63) is 52.7 Å². The molecule has 0 spiro atoms. The second-order valence-corrected chi connectivity index (χ2v) is 6.68. The average Bonchev–Trinajstić information content (AvgIpc) is 3.23. The quantitative estimate of drug-likeness (QED) is 0.793. The number of carbonyl (C=O) groups excluding carboxylic acids is 2. The zero-order valence-electron chi connectivity index (χ0n) is 13.0. The van der Waals surface area contributed by atoms with E-state index in [1.807, 2.05) is 35.7 Å². The van der Waals surface area contributed by atoms with Gasteiger partial charge < -0.3 is 20.6 Å². The number of nitrogens with zero attached hydrogens (tertiary/aromatic N) is 1. The van der Waals surface area contributed by atoms with Crippen LogP contribution in [0.15, 0.2) is 47.8 Å². The molecule has 6 nitrogen and oxygen atoms in total. The number of aliphatic hydroxyl groups is 1. The lowest BCUT2D eigenvalue weighted by atomic mass is 10.2.